The molecule has 0 spiro atoms. The van der Waals surface area contributed by atoms with Gasteiger partial charge in [0.25, 0.3) is 0 Å². The molecule has 0 heterocycles. The monoisotopic (exact) mass is 465 g/mol. The smallest absolute Gasteiger partial charge is 0.416 e. The zero-order valence-corrected chi connectivity index (χ0v) is 16.9. The van der Waals surface area contributed by atoms with E-state index in [2.05, 4.69) is 26.0 Å². The second-order valence-corrected chi connectivity index (χ2v) is 6.39. The quantitative estimate of drug-likeness (QED) is 0.627. The second kappa shape index (κ2) is 10.1. The highest BCUT2D eigenvalue weighted by molar-refractivity contribution is 9.10. The number of esters is 1. The Bertz CT molecular complexity index is 769. The molecule has 9 heteroatoms. The van der Waals surface area contributed by atoms with Gasteiger partial charge in [0, 0.05) is 11.0 Å². The van der Waals surface area contributed by atoms with Crippen LogP contribution in [0.5, 0.6) is 0 Å². The molecule has 2 aromatic rings. The number of carbonyl (C=O) groups excluding carboxylic acids is 1. The Morgan fingerprint density at radius 1 is 1.22 bits per heavy atom. The van der Waals surface area contributed by atoms with Crippen LogP contribution in [0.25, 0.3) is 0 Å². The van der Waals surface area contributed by atoms with Crippen molar-refractivity contribution >= 4 is 35.4 Å². The van der Waals surface area contributed by atoms with Gasteiger partial charge in [0.05, 0.1) is 30.9 Å². The number of aliphatic hydroxyl groups is 1. The van der Waals surface area contributed by atoms with Crippen LogP contribution in [0.15, 0.2) is 46.9 Å². The lowest BCUT2D eigenvalue weighted by atomic mass is 10.0. The molecule has 0 amide bonds. The summed E-state index contributed by atoms with van der Waals surface area (Å²) in [6.45, 7) is 0.0670. The van der Waals surface area contributed by atoms with Crippen LogP contribution in [0, 0.1) is 0 Å². The van der Waals surface area contributed by atoms with Crippen molar-refractivity contribution in [1.29, 1.82) is 0 Å². The lowest BCUT2D eigenvalue weighted by Gasteiger charge is -2.18. The molecule has 0 aromatic heterocycles. The minimum Gasteiger partial charge on any atom is -0.465 e. The fraction of sp³-hybridized carbons (Fsp3) is 0.278. The molecular weight excluding hydrogens is 447 g/mol. The number of ether oxygens (including phenoxy) is 1. The molecule has 27 heavy (non-hydrogen) atoms. The van der Waals surface area contributed by atoms with Crippen LogP contribution in [-0.4, -0.2) is 24.8 Å². The van der Waals surface area contributed by atoms with E-state index in [4.69, 9.17) is 0 Å². The van der Waals surface area contributed by atoms with Crippen molar-refractivity contribution in [3.63, 3.8) is 0 Å². The summed E-state index contributed by atoms with van der Waals surface area (Å²) in [6.07, 6.45) is -4.40. The topological polar surface area (TPSA) is 58.6 Å². The number of benzene rings is 2. The number of nitrogens with one attached hydrogen (secondary N) is 1. The molecule has 0 aliphatic heterocycles. The summed E-state index contributed by atoms with van der Waals surface area (Å²) in [5, 5.41) is 12.6. The SMILES string of the molecule is COC(=O)c1ccc(CN[C@H](CO)c2ccc(C(F)(F)F)cc2)c(Br)c1.S. The molecule has 4 nitrogen and oxygen atoms in total. The van der Waals surface area contributed by atoms with Gasteiger partial charge in [0.2, 0.25) is 0 Å². The molecule has 1 atom stereocenters. The van der Waals surface area contributed by atoms with Gasteiger partial charge in [0.15, 0.2) is 0 Å². The molecule has 0 aliphatic rings. The fourth-order valence-electron chi connectivity index (χ4n) is 2.36. The number of aliphatic hydroxyl groups excluding tert-OH is 1. The van der Waals surface area contributed by atoms with Gasteiger partial charge in [-0.05, 0) is 35.4 Å². The average Bonchev–Trinajstić information content (AvgIpc) is 2.62. The number of rotatable bonds is 6. The van der Waals surface area contributed by atoms with Crippen molar-refractivity contribution < 1.29 is 27.8 Å². The maximum Gasteiger partial charge on any atom is 0.416 e. The summed E-state index contributed by atoms with van der Waals surface area (Å²) in [5.41, 5.74) is 1.02. The van der Waals surface area contributed by atoms with Gasteiger partial charge in [-0.1, -0.05) is 34.1 Å². The Kier molecular flexibility index (Phi) is 8.80. The van der Waals surface area contributed by atoms with Crippen molar-refractivity contribution in [3.05, 3.63) is 69.2 Å². The van der Waals surface area contributed by atoms with Gasteiger partial charge in [-0.3, -0.25) is 0 Å². The van der Waals surface area contributed by atoms with Crippen LogP contribution in [0.4, 0.5) is 13.2 Å². The van der Waals surface area contributed by atoms with E-state index in [9.17, 15) is 23.1 Å². The predicted molar refractivity (Wildman–Crippen MR) is 104 cm³/mol. The van der Waals surface area contributed by atoms with E-state index >= 15 is 0 Å². The van der Waals surface area contributed by atoms with Crippen molar-refractivity contribution in [3.8, 4) is 0 Å². The third kappa shape index (κ3) is 6.24. The average molecular weight is 466 g/mol. The summed E-state index contributed by atoms with van der Waals surface area (Å²) in [6, 6.07) is 9.09. The van der Waals surface area contributed by atoms with E-state index in [0.717, 1.165) is 17.7 Å². The first-order valence-electron chi connectivity index (χ1n) is 7.64. The van der Waals surface area contributed by atoms with Crippen molar-refractivity contribution in [2.24, 2.45) is 0 Å². The normalized spacial score (nSPS) is 12.2. The molecule has 0 aliphatic carbocycles. The van der Waals surface area contributed by atoms with Crippen LogP contribution >= 0.6 is 29.4 Å². The number of carbonyl (C=O) groups is 1. The first-order chi connectivity index (χ1) is 12.3. The minimum absolute atomic E-state index is 0. The largest absolute Gasteiger partial charge is 0.465 e. The highest BCUT2D eigenvalue weighted by Crippen LogP contribution is 2.30. The van der Waals surface area contributed by atoms with Crippen LogP contribution in [0.2, 0.25) is 0 Å². The number of hydrogen-bond donors (Lipinski definition) is 2. The van der Waals surface area contributed by atoms with Gasteiger partial charge < -0.3 is 15.2 Å². The molecule has 2 rings (SSSR count). The number of halogens is 4. The summed E-state index contributed by atoms with van der Waals surface area (Å²) in [5.74, 6) is -0.455. The predicted octanol–water partition coefficient (Wildman–Crippen LogP) is 4.19. The summed E-state index contributed by atoms with van der Waals surface area (Å²) in [4.78, 5) is 11.5. The number of alkyl halides is 3. The van der Waals surface area contributed by atoms with E-state index < -0.39 is 23.8 Å². The molecule has 0 radical (unpaired) electrons. The fourth-order valence-corrected chi connectivity index (χ4v) is 2.88. The summed E-state index contributed by atoms with van der Waals surface area (Å²) in [7, 11) is 1.29. The van der Waals surface area contributed by atoms with Gasteiger partial charge in [0.1, 0.15) is 0 Å². The van der Waals surface area contributed by atoms with Gasteiger partial charge in [-0.25, -0.2) is 4.79 Å². The molecule has 0 saturated heterocycles. The van der Waals surface area contributed by atoms with E-state index in [1.165, 1.54) is 19.2 Å². The first-order valence-corrected chi connectivity index (χ1v) is 8.43. The Balaban J connectivity index is 0.00000364. The lowest BCUT2D eigenvalue weighted by molar-refractivity contribution is -0.137. The highest BCUT2D eigenvalue weighted by Gasteiger charge is 2.30. The van der Waals surface area contributed by atoms with Crippen LogP contribution < -0.4 is 5.32 Å². The maximum atomic E-state index is 12.6. The highest BCUT2D eigenvalue weighted by atomic mass is 79.9. The minimum atomic E-state index is -4.40. The number of hydrogen-bond acceptors (Lipinski definition) is 4. The van der Waals surface area contributed by atoms with Gasteiger partial charge in [-0.15, -0.1) is 0 Å². The van der Waals surface area contributed by atoms with Crippen LogP contribution in [0.3, 0.4) is 0 Å². The number of methoxy groups -OCH3 is 1. The Labute approximate surface area is 170 Å². The molecular formula is C18H19BrF3NO3S. The molecule has 0 unspecified atom stereocenters. The van der Waals surface area contributed by atoms with Gasteiger partial charge >= 0.3 is 12.1 Å². The van der Waals surface area contributed by atoms with Crippen molar-refractivity contribution in [2.45, 2.75) is 18.8 Å². The molecule has 0 fully saturated rings. The van der Waals surface area contributed by atoms with E-state index in [-0.39, 0.29) is 20.1 Å². The Morgan fingerprint density at radius 3 is 2.33 bits per heavy atom. The molecule has 148 valence electrons. The first kappa shape index (κ1) is 23.5. The van der Waals surface area contributed by atoms with E-state index in [1.54, 1.807) is 18.2 Å². The maximum absolute atomic E-state index is 12.6. The third-order valence-corrected chi connectivity index (χ3v) is 4.57. The van der Waals surface area contributed by atoms with E-state index in [0.29, 0.717) is 22.1 Å². The van der Waals surface area contributed by atoms with Crippen LogP contribution in [0.1, 0.15) is 33.1 Å². The zero-order chi connectivity index (χ0) is 19.3. The van der Waals surface area contributed by atoms with Gasteiger partial charge in [-0.2, -0.15) is 26.7 Å². The molecule has 0 bridgehead atoms. The Morgan fingerprint density at radius 2 is 1.85 bits per heavy atom. The summed E-state index contributed by atoms with van der Waals surface area (Å²) >= 11 is 3.37. The van der Waals surface area contributed by atoms with Crippen LogP contribution in [-0.2, 0) is 17.5 Å². The van der Waals surface area contributed by atoms with Crippen molar-refractivity contribution in [1.82, 2.24) is 5.32 Å². The Hall–Kier alpha value is -1.55. The molecule has 2 aromatic carbocycles. The lowest BCUT2D eigenvalue weighted by Crippen LogP contribution is -2.24. The second-order valence-electron chi connectivity index (χ2n) is 5.53. The summed E-state index contributed by atoms with van der Waals surface area (Å²) < 4.78 is 43.2. The zero-order valence-electron chi connectivity index (χ0n) is 14.3. The third-order valence-electron chi connectivity index (χ3n) is 3.84. The standard InChI is InChI=1S/C18H17BrF3NO3.H2S/c1-26-17(25)12-2-3-13(15(19)8-12)9-23-16(10-24)11-4-6-14(7-5-11)18(20,21)22;/h2-8,16,23-24H,9-10H2,1H3;1H2/t16-;/m1./s1. The van der Waals surface area contributed by atoms with E-state index in [1.807, 2.05) is 0 Å². The molecule has 0 saturated carbocycles. The molecule has 2 N–H and O–H groups in total. The van der Waals surface area contributed by atoms with Crippen molar-refractivity contribution in [2.75, 3.05) is 13.7 Å².